The minimum atomic E-state index is -2.77. The van der Waals surface area contributed by atoms with E-state index in [1.54, 1.807) is 13.0 Å². The van der Waals surface area contributed by atoms with E-state index in [1.165, 1.54) is 6.07 Å². The highest BCUT2D eigenvalue weighted by Crippen LogP contribution is 2.30. The third kappa shape index (κ3) is 3.50. The number of esters is 1. The second kappa shape index (κ2) is 6.45. The third-order valence-electron chi connectivity index (χ3n) is 2.18. The molecule has 6 heteroatoms. The Labute approximate surface area is 111 Å². The predicted octanol–water partition coefficient (Wildman–Crippen LogP) is 3.36. The quantitative estimate of drug-likeness (QED) is 0.800. The molecule has 0 aromatic heterocycles. The maximum atomic E-state index is 12.8. The van der Waals surface area contributed by atoms with E-state index in [4.69, 9.17) is 10.00 Å². The summed E-state index contributed by atoms with van der Waals surface area (Å²) in [7, 11) is 0. The maximum absolute atomic E-state index is 12.8. The molecule has 0 heterocycles. The fourth-order valence-corrected chi connectivity index (χ4v) is 2.07. The Hall–Kier alpha value is -1.48. The molecule has 0 N–H and O–H groups in total. The van der Waals surface area contributed by atoms with Gasteiger partial charge in [0.15, 0.2) is 0 Å². The van der Waals surface area contributed by atoms with Crippen molar-refractivity contribution in [3.63, 3.8) is 0 Å². The van der Waals surface area contributed by atoms with Gasteiger partial charge in [-0.05, 0) is 40.5 Å². The van der Waals surface area contributed by atoms with Crippen molar-refractivity contribution in [2.24, 2.45) is 0 Å². The summed E-state index contributed by atoms with van der Waals surface area (Å²) in [6.45, 7) is 1.90. The molecule has 1 rings (SSSR count). The van der Waals surface area contributed by atoms with E-state index in [0.29, 0.717) is 5.56 Å². The Morgan fingerprint density at radius 1 is 1.56 bits per heavy atom. The lowest BCUT2D eigenvalue weighted by Gasteiger charge is -2.08. The van der Waals surface area contributed by atoms with Crippen molar-refractivity contribution < 1.29 is 18.3 Å². The molecule has 0 aliphatic rings. The predicted molar refractivity (Wildman–Crippen MR) is 64.2 cm³/mol. The zero-order valence-electron chi connectivity index (χ0n) is 9.54. The number of benzene rings is 1. The monoisotopic (exact) mass is 317 g/mol. The van der Waals surface area contributed by atoms with Crippen molar-refractivity contribution in [3.05, 3.63) is 33.3 Å². The molecule has 0 saturated heterocycles. The lowest BCUT2D eigenvalue weighted by Crippen LogP contribution is -2.08. The van der Waals surface area contributed by atoms with Crippen molar-refractivity contribution in [1.29, 1.82) is 5.26 Å². The first-order chi connectivity index (χ1) is 8.49. The van der Waals surface area contributed by atoms with E-state index in [9.17, 15) is 13.6 Å². The molecule has 0 saturated carbocycles. The van der Waals surface area contributed by atoms with E-state index < -0.39 is 12.4 Å². The number of rotatable bonds is 4. The molecule has 0 radical (unpaired) electrons. The number of ether oxygens (including phenoxy) is 1. The Bertz CT molecular complexity index is 498. The van der Waals surface area contributed by atoms with E-state index in [2.05, 4.69) is 15.9 Å². The van der Waals surface area contributed by atoms with Crippen LogP contribution in [0.25, 0.3) is 0 Å². The van der Waals surface area contributed by atoms with E-state index in [1.807, 2.05) is 0 Å². The number of nitriles is 1. The van der Waals surface area contributed by atoms with Gasteiger partial charge in [0.25, 0.3) is 6.43 Å². The fourth-order valence-electron chi connectivity index (χ4n) is 1.46. The summed E-state index contributed by atoms with van der Waals surface area (Å²) in [5, 5.41) is 8.80. The Balaban J connectivity index is 3.10. The van der Waals surface area contributed by atoms with Crippen LogP contribution < -0.4 is 0 Å². The van der Waals surface area contributed by atoms with Gasteiger partial charge in [-0.15, -0.1) is 0 Å². The summed E-state index contributed by atoms with van der Waals surface area (Å²) in [5.74, 6) is -0.491. The standard InChI is InChI=1S/C12H10BrF2NO2/c1-2-18-11(17)5-7-3-8(12(14)15)9(6-16)10(13)4-7/h3-4,12H,2,5H2,1H3. The zero-order valence-corrected chi connectivity index (χ0v) is 11.1. The smallest absolute Gasteiger partial charge is 0.310 e. The molecule has 18 heavy (non-hydrogen) atoms. The van der Waals surface area contributed by atoms with Crippen LogP contribution in [0.15, 0.2) is 16.6 Å². The van der Waals surface area contributed by atoms with E-state index >= 15 is 0 Å². The first kappa shape index (κ1) is 14.6. The largest absolute Gasteiger partial charge is 0.466 e. The normalized spacial score (nSPS) is 10.2. The Kier molecular flexibility index (Phi) is 5.23. The van der Waals surface area contributed by atoms with Gasteiger partial charge < -0.3 is 4.74 Å². The number of alkyl halides is 2. The van der Waals surface area contributed by atoms with Gasteiger partial charge in [0.2, 0.25) is 0 Å². The molecule has 0 aliphatic carbocycles. The molecule has 1 aromatic carbocycles. The summed E-state index contributed by atoms with van der Waals surface area (Å²) in [5.41, 5.74) is -0.113. The molecule has 0 bridgehead atoms. The first-order valence-corrected chi connectivity index (χ1v) is 5.95. The van der Waals surface area contributed by atoms with Crippen LogP contribution >= 0.6 is 15.9 Å². The van der Waals surface area contributed by atoms with Crippen molar-refractivity contribution >= 4 is 21.9 Å². The van der Waals surface area contributed by atoms with Crippen LogP contribution in [0.1, 0.15) is 30.0 Å². The molecule has 0 fully saturated rings. The minimum Gasteiger partial charge on any atom is -0.466 e. The van der Waals surface area contributed by atoms with Crippen LogP contribution in [0.2, 0.25) is 0 Å². The highest BCUT2D eigenvalue weighted by molar-refractivity contribution is 9.10. The molecule has 0 unspecified atom stereocenters. The van der Waals surface area contributed by atoms with Gasteiger partial charge in [-0.25, -0.2) is 8.78 Å². The van der Waals surface area contributed by atoms with Crippen LogP contribution in [0, 0.1) is 11.3 Å². The van der Waals surface area contributed by atoms with Gasteiger partial charge in [-0.1, -0.05) is 0 Å². The van der Waals surface area contributed by atoms with Crippen LogP contribution in [0.5, 0.6) is 0 Å². The summed E-state index contributed by atoms with van der Waals surface area (Å²) < 4.78 is 30.5. The summed E-state index contributed by atoms with van der Waals surface area (Å²) >= 11 is 3.05. The molecule has 0 spiro atoms. The van der Waals surface area contributed by atoms with Crippen molar-refractivity contribution in [1.82, 2.24) is 0 Å². The van der Waals surface area contributed by atoms with Gasteiger partial charge in [0.05, 0.1) is 18.6 Å². The molecule has 0 aliphatic heterocycles. The van der Waals surface area contributed by atoms with Gasteiger partial charge in [0.1, 0.15) is 6.07 Å². The SMILES string of the molecule is CCOC(=O)Cc1cc(Br)c(C#N)c(C(F)F)c1. The average molecular weight is 318 g/mol. The Morgan fingerprint density at radius 2 is 2.22 bits per heavy atom. The molecular formula is C12H10BrF2NO2. The first-order valence-electron chi connectivity index (χ1n) is 5.15. The average Bonchev–Trinajstić information content (AvgIpc) is 2.28. The second-order valence-electron chi connectivity index (χ2n) is 3.44. The van der Waals surface area contributed by atoms with E-state index in [0.717, 1.165) is 6.07 Å². The summed E-state index contributed by atoms with van der Waals surface area (Å²) in [6, 6.07) is 4.34. The molecule has 0 amide bonds. The number of nitrogens with zero attached hydrogens (tertiary/aromatic N) is 1. The van der Waals surface area contributed by atoms with Crippen LogP contribution in [0.3, 0.4) is 0 Å². The fraction of sp³-hybridized carbons (Fsp3) is 0.333. The van der Waals surface area contributed by atoms with Crippen molar-refractivity contribution in [3.8, 4) is 6.07 Å². The number of hydrogen-bond acceptors (Lipinski definition) is 3. The van der Waals surface area contributed by atoms with Crippen LogP contribution in [-0.2, 0) is 16.0 Å². The van der Waals surface area contributed by atoms with Crippen molar-refractivity contribution in [2.45, 2.75) is 19.8 Å². The zero-order chi connectivity index (χ0) is 13.7. The van der Waals surface area contributed by atoms with Crippen LogP contribution in [0.4, 0.5) is 8.78 Å². The molecule has 0 atom stereocenters. The third-order valence-corrected chi connectivity index (χ3v) is 2.81. The summed E-state index contributed by atoms with van der Waals surface area (Å²) in [4.78, 5) is 11.3. The Morgan fingerprint density at radius 3 is 2.72 bits per heavy atom. The minimum absolute atomic E-state index is 0.0993. The summed E-state index contributed by atoms with van der Waals surface area (Å²) in [6.07, 6.45) is -2.86. The highest BCUT2D eigenvalue weighted by atomic mass is 79.9. The molecule has 1 aromatic rings. The lowest BCUT2D eigenvalue weighted by atomic mass is 10.0. The van der Waals surface area contributed by atoms with Crippen LogP contribution in [-0.4, -0.2) is 12.6 Å². The topological polar surface area (TPSA) is 50.1 Å². The number of halogens is 3. The van der Waals surface area contributed by atoms with Gasteiger partial charge >= 0.3 is 5.97 Å². The van der Waals surface area contributed by atoms with Gasteiger partial charge in [-0.3, -0.25) is 4.79 Å². The number of carbonyl (C=O) groups excluding carboxylic acids is 1. The number of hydrogen-bond donors (Lipinski definition) is 0. The van der Waals surface area contributed by atoms with E-state index in [-0.39, 0.29) is 28.6 Å². The van der Waals surface area contributed by atoms with Gasteiger partial charge in [0, 0.05) is 10.0 Å². The molecule has 3 nitrogen and oxygen atoms in total. The van der Waals surface area contributed by atoms with Crippen molar-refractivity contribution in [2.75, 3.05) is 6.61 Å². The second-order valence-corrected chi connectivity index (χ2v) is 4.29. The maximum Gasteiger partial charge on any atom is 0.310 e. The van der Waals surface area contributed by atoms with Gasteiger partial charge in [-0.2, -0.15) is 5.26 Å². The number of carbonyl (C=O) groups is 1. The molecular weight excluding hydrogens is 308 g/mol. The highest BCUT2D eigenvalue weighted by Gasteiger charge is 2.18. The molecule has 96 valence electrons. The lowest BCUT2D eigenvalue weighted by molar-refractivity contribution is -0.142.